The van der Waals surface area contributed by atoms with Gasteiger partial charge >= 0.3 is 5.97 Å². The molecule has 1 heterocycles. The van der Waals surface area contributed by atoms with Crippen molar-refractivity contribution in [3.63, 3.8) is 0 Å². The fourth-order valence-electron chi connectivity index (χ4n) is 2.09. The number of thiophene rings is 1. The number of benzene rings is 1. The molecular formula is C14H13F2NO2S. The molecule has 0 amide bonds. The van der Waals surface area contributed by atoms with Crippen molar-refractivity contribution in [1.29, 1.82) is 0 Å². The Morgan fingerprint density at radius 1 is 1.30 bits per heavy atom. The maximum atomic E-state index is 13.9. The summed E-state index contributed by atoms with van der Waals surface area (Å²) in [6.07, 6.45) is 0. The quantitative estimate of drug-likeness (QED) is 0.896. The largest absolute Gasteiger partial charge is 0.477 e. The fourth-order valence-corrected chi connectivity index (χ4v) is 3.35. The average molecular weight is 297 g/mol. The second-order valence-electron chi connectivity index (χ2n) is 4.64. The van der Waals surface area contributed by atoms with Gasteiger partial charge in [-0.25, -0.2) is 13.6 Å². The molecule has 0 radical (unpaired) electrons. The van der Waals surface area contributed by atoms with Crippen molar-refractivity contribution in [3.05, 3.63) is 40.3 Å². The van der Waals surface area contributed by atoms with Crippen molar-refractivity contribution in [1.82, 2.24) is 0 Å². The highest BCUT2D eigenvalue weighted by Crippen LogP contribution is 2.44. The van der Waals surface area contributed by atoms with E-state index in [1.54, 1.807) is 13.8 Å². The minimum absolute atomic E-state index is 0.0788. The van der Waals surface area contributed by atoms with Gasteiger partial charge in [-0.3, -0.25) is 0 Å². The highest BCUT2D eigenvalue weighted by molar-refractivity contribution is 7.18. The molecule has 3 nitrogen and oxygen atoms in total. The van der Waals surface area contributed by atoms with Gasteiger partial charge in [0.25, 0.3) is 0 Å². The molecule has 0 aliphatic carbocycles. The predicted molar refractivity (Wildman–Crippen MR) is 75.1 cm³/mol. The number of aromatic carboxylic acids is 1. The van der Waals surface area contributed by atoms with Gasteiger partial charge in [0, 0.05) is 4.88 Å². The lowest BCUT2D eigenvalue weighted by atomic mass is 9.98. The molecule has 0 aliphatic rings. The third kappa shape index (κ3) is 2.27. The number of rotatable bonds is 3. The van der Waals surface area contributed by atoms with Gasteiger partial charge in [0.1, 0.15) is 16.5 Å². The third-order valence-corrected chi connectivity index (χ3v) is 4.17. The zero-order valence-corrected chi connectivity index (χ0v) is 11.7. The first-order chi connectivity index (χ1) is 9.34. The summed E-state index contributed by atoms with van der Waals surface area (Å²) in [6.45, 7) is 3.60. The molecule has 2 rings (SSSR count). The SMILES string of the molecule is CC(C)c1c(-c2c(F)cccc2F)sc(C(=O)O)c1N. The molecule has 0 atom stereocenters. The molecule has 106 valence electrons. The number of nitrogens with two attached hydrogens (primary N) is 1. The summed E-state index contributed by atoms with van der Waals surface area (Å²) in [5.74, 6) is -2.80. The molecule has 0 fully saturated rings. The van der Waals surface area contributed by atoms with Crippen LogP contribution in [0.4, 0.5) is 14.5 Å². The zero-order valence-electron chi connectivity index (χ0n) is 10.9. The molecule has 0 unspecified atom stereocenters. The van der Waals surface area contributed by atoms with Crippen LogP contribution in [0.1, 0.15) is 35.0 Å². The molecule has 0 bridgehead atoms. The summed E-state index contributed by atoms with van der Waals surface area (Å²) in [6, 6.07) is 3.54. The third-order valence-electron chi connectivity index (χ3n) is 2.94. The second-order valence-corrected chi connectivity index (χ2v) is 5.66. The summed E-state index contributed by atoms with van der Waals surface area (Å²) in [7, 11) is 0. The summed E-state index contributed by atoms with van der Waals surface area (Å²) in [5, 5.41) is 9.11. The van der Waals surface area contributed by atoms with Crippen LogP contribution in [0.5, 0.6) is 0 Å². The van der Waals surface area contributed by atoms with Gasteiger partial charge in [-0.2, -0.15) is 0 Å². The Hall–Kier alpha value is -1.95. The van der Waals surface area contributed by atoms with Crippen molar-refractivity contribution in [3.8, 4) is 10.4 Å². The number of anilines is 1. The van der Waals surface area contributed by atoms with E-state index in [0.29, 0.717) is 5.56 Å². The maximum absolute atomic E-state index is 13.9. The Balaban J connectivity index is 2.80. The van der Waals surface area contributed by atoms with Crippen LogP contribution < -0.4 is 5.73 Å². The van der Waals surface area contributed by atoms with E-state index in [1.165, 1.54) is 6.07 Å². The minimum atomic E-state index is -1.20. The Morgan fingerprint density at radius 2 is 1.85 bits per heavy atom. The van der Waals surface area contributed by atoms with Gasteiger partial charge in [-0.1, -0.05) is 19.9 Å². The summed E-state index contributed by atoms with van der Waals surface area (Å²) in [4.78, 5) is 11.3. The number of hydrogen-bond acceptors (Lipinski definition) is 3. The molecule has 0 saturated heterocycles. The Morgan fingerprint density at radius 3 is 2.30 bits per heavy atom. The van der Waals surface area contributed by atoms with Crippen LogP contribution in [0.2, 0.25) is 0 Å². The van der Waals surface area contributed by atoms with Gasteiger partial charge in [0.15, 0.2) is 0 Å². The van der Waals surface area contributed by atoms with Crippen LogP contribution >= 0.6 is 11.3 Å². The summed E-state index contributed by atoms with van der Waals surface area (Å²) in [5.41, 5.74) is 6.15. The highest BCUT2D eigenvalue weighted by Gasteiger charge is 2.26. The second kappa shape index (κ2) is 5.20. The number of carboxylic acids is 1. The predicted octanol–water partition coefficient (Wildman–Crippen LogP) is 4.10. The summed E-state index contributed by atoms with van der Waals surface area (Å²) >= 11 is 0.799. The number of carboxylic acid groups (broad SMARTS) is 1. The molecule has 20 heavy (non-hydrogen) atoms. The lowest BCUT2D eigenvalue weighted by Gasteiger charge is -2.10. The van der Waals surface area contributed by atoms with E-state index in [0.717, 1.165) is 23.5 Å². The zero-order chi connectivity index (χ0) is 15.0. The van der Waals surface area contributed by atoms with Gasteiger partial charge < -0.3 is 10.8 Å². The molecule has 6 heteroatoms. The monoisotopic (exact) mass is 297 g/mol. The van der Waals surface area contributed by atoms with Gasteiger partial charge in [0.2, 0.25) is 0 Å². The number of carbonyl (C=O) groups is 1. The smallest absolute Gasteiger partial charge is 0.348 e. The van der Waals surface area contributed by atoms with Gasteiger partial charge in [0.05, 0.1) is 11.3 Å². The van der Waals surface area contributed by atoms with Gasteiger partial charge in [-0.15, -0.1) is 11.3 Å². The van der Waals surface area contributed by atoms with Crippen LogP contribution in [-0.2, 0) is 0 Å². The van der Waals surface area contributed by atoms with Crippen molar-refractivity contribution in [2.24, 2.45) is 0 Å². The van der Waals surface area contributed by atoms with Crippen LogP contribution in [0.15, 0.2) is 18.2 Å². The van der Waals surface area contributed by atoms with E-state index in [9.17, 15) is 13.6 Å². The van der Waals surface area contributed by atoms with E-state index in [2.05, 4.69) is 0 Å². The van der Waals surface area contributed by atoms with Crippen LogP contribution in [0.3, 0.4) is 0 Å². The molecule has 3 N–H and O–H groups in total. The number of nitrogen functional groups attached to an aromatic ring is 1. The first kappa shape index (κ1) is 14.5. The van der Waals surface area contributed by atoms with Crippen molar-refractivity contribution >= 4 is 23.0 Å². The van der Waals surface area contributed by atoms with E-state index in [1.807, 2.05) is 0 Å². The average Bonchev–Trinajstić information content (AvgIpc) is 2.66. The highest BCUT2D eigenvalue weighted by atomic mass is 32.1. The maximum Gasteiger partial charge on any atom is 0.348 e. The Labute approximate surface area is 118 Å². The molecule has 1 aromatic heterocycles. The lowest BCUT2D eigenvalue weighted by Crippen LogP contribution is -2.01. The Bertz CT molecular complexity index is 660. The van der Waals surface area contributed by atoms with E-state index < -0.39 is 17.6 Å². The first-order valence-corrected chi connectivity index (χ1v) is 6.76. The summed E-state index contributed by atoms with van der Waals surface area (Å²) < 4.78 is 27.8. The van der Waals surface area contributed by atoms with Crippen LogP contribution in [0.25, 0.3) is 10.4 Å². The van der Waals surface area contributed by atoms with Crippen LogP contribution in [0, 0.1) is 11.6 Å². The standard InChI is InChI=1S/C14H13F2NO2S/c1-6(2)9-11(17)13(14(18)19)20-12(9)10-7(15)4-3-5-8(10)16/h3-6H,17H2,1-2H3,(H,18,19). The van der Waals surface area contributed by atoms with Gasteiger partial charge in [-0.05, 0) is 23.6 Å². The topological polar surface area (TPSA) is 63.3 Å². The molecule has 1 aromatic carbocycles. The van der Waals surface area contributed by atoms with Crippen molar-refractivity contribution < 1.29 is 18.7 Å². The Kier molecular flexibility index (Phi) is 3.76. The number of hydrogen-bond donors (Lipinski definition) is 2. The van der Waals surface area contributed by atoms with Crippen molar-refractivity contribution in [2.75, 3.05) is 5.73 Å². The molecule has 2 aromatic rings. The van der Waals surface area contributed by atoms with E-state index in [-0.39, 0.29) is 26.9 Å². The fraction of sp³-hybridized carbons (Fsp3) is 0.214. The minimum Gasteiger partial charge on any atom is -0.477 e. The molecule has 0 aliphatic heterocycles. The lowest BCUT2D eigenvalue weighted by molar-refractivity contribution is 0.0703. The normalized spacial score (nSPS) is 11.1. The molecule has 0 saturated carbocycles. The van der Waals surface area contributed by atoms with Crippen molar-refractivity contribution in [2.45, 2.75) is 19.8 Å². The molecule has 0 spiro atoms. The first-order valence-electron chi connectivity index (χ1n) is 5.94. The van der Waals surface area contributed by atoms with E-state index >= 15 is 0 Å². The molecular weight excluding hydrogens is 284 g/mol. The number of halogens is 2. The van der Waals surface area contributed by atoms with E-state index in [4.69, 9.17) is 10.8 Å². The van der Waals surface area contributed by atoms with Crippen LogP contribution in [-0.4, -0.2) is 11.1 Å².